The summed E-state index contributed by atoms with van der Waals surface area (Å²) in [6.45, 7) is 0.298. The van der Waals surface area contributed by atoms with Crippen LogP contribution in [0.2, 0.25) is 0 Å². The molecule has 5 heteroatoms. The lowest BCUT2D eigenvalue weighted by Crippen LogP contribution is -1.98. The molecule has 0 saturated carbocycles. The Morgan fingerprint density at radius 2 is 2.00 bits per heavy atom. The van der Waals surface area contributed by atoms with Gasteiger partial charge in [-0.25, -0.2) is 4.39 Å². The Morgan fingerprint density at radius 1 is 1.20 bits per heavy atom. The standard InChI is InChI=1S/C15H11BrFNO2/c1-19-15-6-10(2-3-11(15)8-18)9-20-14-5-4-12(17)7-13(14)16/h2-7H,9H2,1H3. The first-order valence-electron chi connectivity index (χ1n) is 5.79. The molecule has 20 heavy (non-hydrogen) atoms. The van der Waals surface area contributed by atoms with E-state index in [1.165, 1.54) is 19.2 Å². The zero-order valence-electron chi connectivity index (χ0n) is 10.7. The molecule has 2 aromatic rings. The maximum Gasteiger partial charge on any atom is 0.137 e. The van der Waals surface area contributed by atoms with E-state index in [-0.39, 0.29) is 5.82 Å². The minimum absolute atomic E-state index is 0.298. The highest BCUT2D eigenvalue weighted by Crippen LogP contribution is 2.27. The van der Waals surface area contributed by atoms with Gasteiger partial charge in [0.1, 0.15) is 30.0 Å². The molecule has 0 aliphatic heterocycles. The predicted molar refractivity (Wildman–Crippen MR) is 76.1 cm³/mol. The molecular weight excluding hydrogens is 325 g/mol. The largest absolute Gasteiger partial charge is 0.495 e. The highest BCUT2D eigenvalue weighted by molar-refractivity contribution is 9.10. The van der Waals surface area contributed by atoms with Gasteiger partial charge in [-0.15, -0.1) is 0 Å². The van der Waals surface area contributed by atoms with E-state index in [1.54, 1.807) is 24.3 Å². The Bertz CT molecular complexity index is 667. The van der Waals surface area contributed by atoms with Gasteiger partial charge in [0.15, 0.2) is 0 Å². The van der Waals surface area contributed by atoms with Gasteiger partial charge in [0.25, 0.3) is 0 Å². The van der Waals surface area contributed by atoms with Crippen molar-refractivity contribution in [2.45, 2.75) is 6.61 Å². The number of rotatable bonds is 4. The van der Waals surface area contributed by atoms with E-state index in [4.69, 9.17) is 14.7 Å². The fraction of sp³-hybridized carbons (Fsp3) is 0.133. The fourth-order valence-electron chi connectivity index (χ4n) is 1.67. The highest BCUT2D eigenvalue weighted by atomic mass is 79.9. The number of halogens is 2. The monoisotopic (exact) mass is 335 g/mol. The van der Waals surface area contributed by atoms with Crippen LogP contribution < -0.4 is 9.47 Å². The predicted octanol–water partition coefficient (Wildman–Crippen LogP) is 4.05. The second-order valence-corrected chi connectivity index (χ2v) is 4.86. The lowest BCUT2D eigenvalue weighted by atomic mass is 10.1. The number of hydrogen-bond donors (Lipinski definition) is 0. The smallest absolute Gasteiger partial charge is 0.137 e. The van der Waals surface area contributed by atoms with Gasteiger partial charge in [0.2, 0.25) is 0 Å². The summed E-state index contributed by atoms with van der Waals surface area (Å²) in [7, 11) is 1.51. The molecule has 0 bridgehead atoms. The van der Waals surface area contributed by atoms with Crippen molar-refractivity contribution in [2.75, 3.05) is 7.11 Å². The van der Waals surface area contributed by atoms with Crippen LogP contribution >= 0.6 is 15.9 Å². The Morgan fingerprint density at radius 3 is 2.65 bits per heavy atom. The van der Waals surface area contributed by atoms with Gasteiger partial charge in [-0.1, -0.05) is 6.07 Å². The summed E-state index contributed by atoms with van der Waals surface area (Å²) in [5.41, 5.74) is 1.33. The van der Waals surface area contributed by atoms with Gasteiger partial charge in [-0.05, 0) is 51.8 Å². The van der Waals surface area contributed by atoms with Gasteiger partial charge >= 0.3 is 0 Å². The Labute approximate surface area is 124 Å². The molecular formula is C15H11BrFNO2. The molecule has 0 aliphatic carbocycles. The summed E-state index contributed by atoms with van der Waals surface area (Å²) in [5.74, 6) is 0.728. The molecule has 0 amide bonds. The number of nitriles is 1. The lowest BCUT2D eigenvalue weighted by Gasteiger charge is -2.10. The number of hydrogen-bond acceptors (Lipinski definition) is 3. The first kappa shape index (κ1) is 14.4. The summed E-state index contributed by atoms with van der Waals surface area (Å²) >= 11 is 3.24. The van der Waals surface area contributed by atoms with Gasteiger partial charge in [-0.3, -0.25) is 0 Å². The molecule has 0 aliphatic rings. The molecule has 0 radical (unpaired) electrons. The highest BCUT2D eigenvalue weighted by Gasteiger charge is 2.06. The molecule has 0 fully saturated rings. The van der Waals surface area contributed by atoms with Crippen molar-refractivity contribution in [2.24, 2.45) is 0 Å². The van der Waals surface area contributed by atoms with Crippen molar-refractivity contribution >= 4 is 15.9 Å². The third-order valence-electron chi connectivity index (χ3n) is 2.67. The normalized spacial score (nSPS) is 9.90. The third kappa shape index (κ3) is 3.28. The van der Waals surface area contributed by atoms with Gasteiger partial charge in [0, 0.05) is 0 Å². The molecule has 102 valence electrons. The SMILES string of the molecule is COc1cc(COc2ccc(F)cc2Br)ccc1C#N. The zero-order valence-corrected chi connectivity index (χ0v) is 12.3. The van der Waals surface area contributed by atoms with Crippen LogP contribution in [0.3, 0.4) is 0 Å². The lowest BCUT2D eigenvalue weighted by molar-refractivity contribution is 0.302. The van der Waals surface area contributed by atoms with E-state index in [0.29, 0.717) is 28.1 Å². The molecule has 0 aromatic heterocycles. The number of ether oxygens (including phenoxy) is 2. The van der Waals surface area contributed by atoms with E-state index in [1.807, 2.05) is 6.07 Å². The third-order valence-corrected chi connectivity index (χ3v) is 3.29. The zero-order chi connectivity index (χ0) is 14.5. The van der Waals surface area contributed by atoms with Crippen LogP contribution in [-0.4, -0.2) is 7.11 Å². The summed E-state index contributed by atoms with van der Waals surface area (Å²) < 4.78 is 24.2. The van der Waals surface area contributed by atoms with Crippen LogP contribution in [-0.2, 0) is 6.61 Å². The van der Waals surface area contributed by atoms with Crippen molar-refractivity contribution in [3.63, 3.8) is 0 Å². The van der Waals surface area contributed by atoms with E-state index in [2.05, 4.69) is 15.9 Å². The van der Waals surface area contributed by atoms with Crippen molar-refractivity contribution in [3.8, 4) is 17.6 Å². The Hall–Kier alpha value is -2.06. The van der Waals surface area contributed by atoms with Crippen LogP contribution in [0.15, 0.2) is 40.9 Å². The second-order valence-electron chi connectivity index (χ2n) is 4.01. The molecule has 0 heterocycles. The van der Waals surface area contributed by atoms with Crippen molar-refractivity contribution in [3.05, 3.63) is 57.8 Å². The molecule has 0 atom stereocenters. The average Bonchev–Trinajstić information content (AvgIpc) is 2.46. The van der Waals surface area contributed by atoms with Gasteiger partial charge < -0.3 is 9.47 Å². The van der Waals surface area contributed by atoms with Crippen LogP contribution in [0, 0.1) is 17.1 Å². The topological polar surface area (TPSA) is 42.2 Å². The van der Waals surface area contributed by atoms with E-state index < -0.39 is 0 Å². The van der Waals surface area contributed by atoms with Crippen molar-refractivity contribution in [1.29, 1.82) is 5.26 Å². The van der Waals surface area contributed by atoms with E-state index in [9.17, 15) is 4.39 Å². The molecule has 2 rings (SSSR count). The molecule has 0 N–H and O–H groups in total. The summed E-state index contributed by atoms with van der Waals surface area (Å²) in [4.78, 5) is 0. The minimum atomic E-state index is -0.329. The average molecular weight is 336 g/mol. The molecule has 3 nitrogen and oxygen atoms in total. The summed E-state index contributed by atoms with van der Waals surface area (Å²) in [5, 5.41) is 8.91. The number of methoxy groups -OCH3 is 1. The second kappa shape index (κ2) is 6.40. The Balaban J connectivity index is 2.13. The van der Waals surface area contributed by atoms with Crippen LogP contribution in [0.5, 0.6) is 11.5 Å². The van der Waals surface area contributed by atoms with Crippen LogP contribution in [0.1, 0.15) is 11.1 Å². The van der Waals surface area contributed by atoms with Crippen LogP contribution in [0.25, 0.3) is 0 Å². The molecule has 0 unspecified atom stereocenters. The van der Waals surface area contributed by atoms with E-state index >= 15 is 0 Å². The fourth-order valence-corrected chi connectivity index (χ4v) is 2.14. The maximum absolute atomic E-state index is 13.0. The van der Waals surface area contributed by atoms with Gasteiger partial charge in [-0.2, -0.15) is 5.26 Å². The van der Waals surface area contributed by atoms with E-state index in [0.717, 1.165) is 5.56 Å². The van der Waals surface area contributed by atoms with Crippen molar-refractivity contribution < 1.29 is 13.9 Å². The maximum atomic E-state index is 13.0. The quantitative estimate of drug-likeness (QED) is 0.846. The molecule has 2 aromatic carbocycles. The minimum Gasteiger partial charge on any atom is -0.495 e. The van der Waals surface area contributed by atoms with Crippen LogP contribution in [0.4, 0.5) is 4.39 Å². The molecule has 0 saturated heterocycles. The summed E-state index contributed by atoms with van der Waals surface area (Å²) in [6, 6.07) is 11.5. The first-order valence-corrected chi connectivity index (χ1v) is 6.58. The Kier molecular flexibility index (Phi) is 4.59. The van der Waals surface area contributed by atoms with Crippen molar-refractivity contribution in [1.82, 2.24) is 0 Å². The van der Waals surface area contributed by atoms with Gasteiger partial charge in [0.05, 0.1) is 17.1 Å². The molecule has 0 spiro atoms. The first-order chi connectivity index (χ1) is 9.63. The number of benzene rings is 2. The summed E-state index contributed by atoms with van der Waals surface area (Å²) in [6.07, 6.45) is 0. The number of nitrogens with zero attached hydrogens (tertiary/aromatic N) is 1.